The molecule has 4 aromatic rings. The highest BCUT2D eigenvalue weighted by Gasteiger charge is 2.40. The Morgan fingerprint density at radius 1 is 1.09 bits per heavy atom. The molecule has 44 heavy (non-hydrogen) atoms. The minimum Gasteiger partial charge on any atom is -0.345 e. The minimum absolute atomic E-state index is 0.0214. The second-order valence-electron chi connectivity index (χ2n) is 10.8. The number of thiazole rings is 1. The van der Waals surface area contributed by atoms with Crippen molar-refractivity contribution in [3.05, 3.63) is 75.2 Å². The van der Waals surface area contributed by atoms with E-state index < -0.39 is 44.3 Å². The number of carbonyl (C=O) groups is 2. The zero-order valence-corrected chi connectivity index (χ0v) is 26.7. The Labute approximate surface area is 263 Å². The molecule has 2 aromatic carbocycles. The van der Waals surface area contributed by atoms with Gasteiger partial charge in [0.1, 0.15) is 5.03 Å². The summed E-state index contributed by atoms with van der Waals surface area (Å²) in [7, 11) is -8.26. The SMILES string of the molecule is CC1Cc2nc(C(=O)N3CCN(S(=O)(=O)c4cc5cc(Cl)ccc5[nH]4)CC3CC(=O)NS(=O)(=O)c3ccccc3)sc2CN1. The number of piperazine rings is 1. The van der Waals surface area contributed by atoms with Gasteiger partial charge in [-0.2, -0.15) is 4.31 Å². The van der Waals surface area contributed by atoms with Crippen LogP contribution >= 0.6 is 22.9 Å². The topological polar surface area (TPSA) is 162 Å². The number of hydrogen-bond acceptors (Lipinski definition) is 9. The Morgan fingerprint density at radius 3 is 2.64 bits per heavy atom. The Morgan fingerprint density at radius 2 is 1.86 bits per heavy atom. The van der Waals surface area contributed by atoms with Crippen molar-refractivity contribution in [1.29, 1.82) is 0 Å². The van der Waals surface area contributed by atoms with Gasteiger partial charge in [-0.25, -0.2) is 26.5 Å². The summed E-state index contributed by atoms with van der Waals surface area (Å²) in [5.74, 6) is -1.30. The molecule has 0 bridgehead atoms. The van der Waals surface area contributed by atoms with Crippen molar-refractivity contribution in [3.63, 3.8) is 0 Å². The Hall–Kier alpha value is -3.34. The van der Waals surface area contributed by atoms with Crippen molar-refractivity contribution in [2.45, 2.75) is 48.3 Å². The first kappa shape index (κ1) is 30.7. The van der Waals surface area contributed by atoms with Gasteiger partial charge in [-0.15, -0.1) is 11.3 Å². The average Bonchev–Trinajstić information content (AvgIpc) is 3.61. The summed E-state index contributed by atoms with van der Waals surface area (Å²) < 4.78 is 56.4. The molecule has 3 N–H and O–H groups in total. The number of aromatic nitrogens is 2. The van der Waals surface area contributed by atoms with E-state index in [4.69, 9.17) is 11.6 Å². The summed E-state index contributed by atoms with van der Waals surface area (Å²) in [5, 5.41) is 4.60. The molecule has 1 fully saturated rings. The Kier molecular flexibility index (Phi) is 8.28. The number of amides is 2. The molecule has 0 aliphatic carbocycles. The van der Waals surface area contributed by atoms with Crippen LogP contribution in [0.15, 0.2) is 64.5 Å². The number of aromatic amines is 1. The normalized spacial score (nSPS) is 19.5. The van der Waals surface area contributed by atoms with E-state index in [-0.39, 0.29) is 40.6 Å². The lowest BCUT2D eigenvalue weighted by Gasteiger charge is -2.40. The summed E-state index contributed by atoms with van der Waals surface area (Å²) in [4.78, 5) is 36.7. The molecule has 2 aromatic heterocycles. The van der Waals surface area contributed by atoms with Crippen LogP contribution < -0.4 is 10.0 Å². The number of carbonyl (C=O) groups excluding carboxylic acids is 2. The van der Waals surface area contributed by atoms with Crippen LogP contribution in [-0.4, -0.2) is 79.5 Å². The van der Waals surface area contributed by atoms with Gasteiger partial charge in [0, 0.05) is 65.9 Å². The van der Waals surface area contributed by atoms with Gasteiger partial charge in [0.2, 0.25) is 5.91 Å². The number of halogens is 1. The largest absolute Gasteiger partial charge is 0.345 e. The summed E-state index contributed by atoms with van der Waals surface area (Å²) in [5.41, 5.74) is 1.42. The maximum atomic E-state index is 13.8. The smallest absolute Gasteiger partial charge is 0.283 e. The van der Waals surface area contributed by atoms with Crippen molar-refractivity contribution < 1.29 is 26.4 Å². The van der Waals surface area contributed by atoms with Gasteiger partial charge < -0.3 is 15.2 Å². The fourth-order valence-electron chi connectivity index (χ4n) is 5.43. The van der Waals surface area contributed by atoms with Gasteiger partial charge in [-0.05, 0) is 43.3 Å². The highest BCUT2D eigenvalue weighted by molar-refractivity contribution is 7.90. The zero-order chi connectivity index (χ0) is 31.2. The van der Waals surface area contributed by atoms with E-state index in [2.05, 4.69) is 20.0 Å². The van der Waals surface area contributed by atoms with Gasteiger partial charge in [0.05, 0.1) is 16.6 Å². The quantitative estimate of drug-likeness (QED) is 0.269. The van der Waals surface area contributed by atoms with E-state index in [0.29, 0.717) is 28.9 Å². The lowest BCUT2D eigenvalue weighted by atomic mass is 10.1. The first-order valence-corrected chi connectivity index (χ1v) is 17.9. The van der Waals surface area contributed by atoms with Crippen LogP contribution in [0.4, 0.5) is 0 Å². The molecule has 0 radical (unpaired) electrons. The van der Waals surface area contributed by atoms with Crippen LogP contribution in [-0.2, 0) is 37.8 Å². The molecule has 2 aliphatic rings. The molecule has 4 heterocycles. The van der Waals surface area contributed by atoms with Crippen molar-refractivity contribution in [2.75, 3.05) is 19.6 Å². The van der Waals surface area contributed by atoms with E-state index in [1.165, 1.54) is 50.9 Å². The molecule has 6 rings (SSSR count). The van der Waals surface area contributed by atoms with Crippen LogP contribution in [0.25, 0.3) is 10.9 Å². The fraction of sp³-hybridized carbons (Fsp3) is 0.321. The lowest BCUT2D eigenvalue weighted by Crippen LogP contribution is -2.57. The Bertz CT molecular complexity index is 1960. The molecule has 0 spiro atoms. The number of rotatable bonds is 7. The molecule has 2 amide bonds. The lowest BCUT2D eigenvalue weighted by molar-refractivity contribution is -0.120. The van der Waals surface area contributed by atoms with E-state index in [0.717, 1.165) is 10.6 Å². The third kappa shape index (κ3) is 6.12. The third-order valence-electron chi connectivity index (χ3n) is 7.68. The zero-order valence-electron chi connectivity index (χ0n) is 23.5. The molecule has 0 saturated carbocycles. The maximum absolute atomic E-state index is 13.8. The molecular weight excluding hydrogens is 648 g/mol. The average molecular weight is 677 g/mol. The minimum atomic E-state index is -4.18. The van der Waals surface area contributed by atoms with Gasteiger partial charge in [0.15, 0.2) is 5.01 Å². The first-order chi connectivity index (χ1) is 20.9. The molecule has 1 saturated heterocycles. The predicted molar refractivity (Wildman–Crippen MR) is 165 cm³/mol. The molecule has 232 valence electrons. The number of nitrogens with zero attached hydrogens (tertiary/aromatic N) is 3. The van der Waals surface area contributed by atoms with Gasteiger partial charge in [-0.1, -0.05) is 29.8 Å². The van der Waals surface area contributed by atoms with Crippen LogP contribution in [0, 0.1) is 0 Å². The maximum Gasteiger partial charge on any atom is 0.283 e. The van der Waals surface area contributed by atoms with Crippen LogP contribution in [0.2, 0.25) is 5.02 Å². The van der Waals surface area contributed by atoms with E-state index >= 15 is 0 Å². The van der Waals surface area contributed by atoms with Crippen molar-refractivity contribution in [1.82, 2.24) is 29.2 Å². The van der Waals surface area contributed by atoms with Crippen molar-refractivity contribution in [3.8, 4) is 0 Å². The summed E-state index contributed by atoms with van der Waals surface area (Å²) in [6.45, 7) is 2.34. The summed E-state index contributed by atoms with van der Waals surface area (Å²) in [6, 6.07) is 13.1. The van der Waals surface area contributed by atoms with E-state index in [1.807, 2.05) is 6.92 Å². The van der Waals surface area contributed by atoms with E-state index in [9.17, 15) is 26.4 Å². The van der Waals surface area contributed by atoms with Crippen LogP contribution in [0.3, 0.4) is 0 Å². The second kappa shape index (κ2) is 11.9. The number of H-pyrrole nitrogens is 1. The van der Waals surface area contributed by atoms with Gasteiger partial charge >= 0.3 is 0 Å². The standard InChI is InChI=1S/C28H29ClN6O6S3/c1-17-11-23-24(15-30-17)42-27(32-23)28(37)35-10-9-34(44(40,41)26-13-18-12-19(29)7-8-22(18)31-26)16-20(35)14-25(36)33-43(38,39)21-5-3-2-4-6-21/h2-8,12-13,17,20,30-31H,9-11,14-16H2,1H3,(H,33,36). The highest BCUT2D eigenvalue weighted by Crippen LogP contribution is 2.29. The van der Waals surface area contributed by atoms with Crippen LogP contribution in [0.1, 0.15) is 33.7 Å². The monoisotopic (exact) mass is 676 g/mol. The molecular formula is C28H29ClN6O6S3. The van der Waals surface area contributed by atoms with Gasteiger partial charge in [0.25, 0.3) is 26.0 Å². The number of sulfonamides is 2. The number of hydrogen-bond donors (Lipinski definition) is 3. The predicted octanol–water partition coefficient (Wildman–Crippen LogP) is 2.72. The fourth-order valence-corrected chi connectivity index (χ4v) is 9.11. The molecule has 12 nitrogen and oxygen atoms in total. The van der Waals surface area contributed by atoms with E-state index in [1.54, 1.807) is 24.3 Å². The summed E-state index contributed by atoms with van der Waals surface area (Å²) >= 11 is 7.35. The number of nitrogens with one attached hydrogen (secondary N) is 3. The first-order valence-electron chi connectivity index (χ1n) is 13.8. The van der Waals surface area contributed by atoms with Crippen molar-refractivity contribution >= 4 is 65.7 Å². The third-order valence-corrected chi connectivity index (χ3v) is 12.2. The molecule has 2 unspecified atom stereocenters. The summed E-state index contributed by atoms with van der Waals surface area (Å²) in [6.07, 6.45) is 0.222. The second-order valence-corrected chi connectivity index (χ2v) is 15.9. The van der Waals surface area contributed by atoms with Crippen molar-refractivity contribution in [2.24, 2.45) is 0 Å². The molecule has 16 heteroatoms. The number of benzene rings is 2. The highest BCUT2D eigenvalue weighted by atomic mass is 35.5. The number of fused-ring (bicyclic) bond motifs is 2. The Balaban J connectivity index is 1.27. The molecule has 2 aliphatic heterocycles. The molecule has 2 atom stereocenters. The van der Waals surface area contributed by atoms with Gasteiger partial charge in [-0.3, -0.25) is 9.59 Å². The van der Waals surface area contributed by atoms with Crippen LogP contribution in [0.5, 0.6) is 0 Å².